The maximum atomic E-state index is 12.4. The lowest BCUT2D eigenvalue weighted by Crippen LogP contribution is -2.43. The van der Waals surface area contributed by atoms with Crippen LogP contribution in [0.4, 0.5) is 0 Å². The van der Waals surface area contributed by atoms with E-state index in [1.807, 2.05) is 0 Å². The number of ether oxygens (including phenoxy) is 2. The summed E-state index contributed by atoms with van der Waals surface area (Å²) in [6.07, 6.45) is -1.15. The molecule has 0 spiro atoms. The fourth-order valence-electron chi connectivity index (χ4n) is 2.18. The molecule has 0 radical (unpaired) electrons. The van der Waals surface area contributed by atoms with Gasteiger partial charge in [-0.2, -0.15) is 0 Å². The fourth-order valence-corrected chi connectivity index (χ4v) is 3.20. The first-order chi connectivity index (χ1) is 12.5. The Bertz CT molecular complexity index is 713. The zero-order valence-electron chi connectivity index (χ0n) is 18.5. The molecule has 1 N–H and O–H groups in total. The Labute approximate surface area is 169 Å². The normalized spacial score (nSPS) is 13.6. The van der Waals surface area contributed by atoms with Gasteiger partial charge in [-0.15, -0.1) is 0 Å². The molecule has 6 nitrogen and oxygen atoms in total. The number of rotatable bonds is 6. The summed E-state index contributed by atoms with van der Waals surface area (Å²) in [6.45, 7) is 17.1. The van der Waals surface area contributed by atoms with Gasteiger partial charge < -0.3 is 19.0 Å². The van der Waals surface area contributed by atoms with Crippen LogP contribution >= 0.6 is 0 Å². The summed E-state index contributed by atoms with van der Waals surface area (Å²) in [4.78, 5) is 23.9. The molecule has 1 rings (SSSR count). The molecule has 0 saturated carbocycles. The molecule has 0 unspecified atom stereocenters. The van der Waals surface area contributed by atoms with Crippen molar-refractivity contribution in [3.05, 3.63) is 23.8 Å². The van der Waals surface area contributed by atoms with Crippen molar-refractivity contribution in [2.45, 2.75) is 84.7 Å². The van der Waals surface area contributed by atoms with Gasteiger partial charge in [0.05, 0.1) is 0 Å². The number of carbonyl (C=O) groups excluding carboxylic acids is 2. The van der Waals surface area contributed by atoms with E-state index in [0.29, 0.717) is 11.3 Å². The lowest BCUT2D eigenvalue weighted by Gasteiger charge is -2.36. The van der Waals surface area contributed by atoms with E-state index in [-0.39, 0.29) is 17.2 Å². The molecule has 28 heavy (non-hydrogen) atoms. The quantitative estimate of drug-likeness (QED) is 0.545. The maximum Gasteiger partial charge on any atom is 0.348 e. The lowest BCUT2D eigenvalue weighted by atomic mass is 10.1. The summed E-state index contributed by atoms with van der Waals surface area (Å²) < 4.78 is 16.8. The Hall–Kier alpha value is -2.02. The van der Waals surface area contributed by atoms with Gasteiger partial charge in [-0.3, -0.25) is 4.79 Å². The molecule has 0 fully saturated rings. The van der Waals surface area contributed by atoms with Crippen LogP contribution < -0.4 is 4.43 Å². The number of esters is 2. The Morgan fingerprint density at radius 1 is 1.11 bits per heavy atom. The van der Waals surface area contributed by atoms with E-state index in [0.717, 1.165) is 0 Å². The largest absolute Gasteiger partial charge is 0.543 e. The molecule has 1 aromatic rings. The molecule has 1 aromatic carbocycles. The van der Waals surface area contributed by atoms with Crippen LogP contribution in [0.5, 0.6) is 11.5 Å². The van der Waals surface area contributed by atoms with Crippen LogP contribution in [0.15, 0.2) is 18.2 Å². The molecule has 0 aromatic heterocycles. The van der Waals surface area contributed by atoms with E-state index < -0.39 is 32.0 Å². The first kappa shape index (κ1) is 24.0. The monoisotopic (exact) mass is 410 g/mol. The van der Waals surface area contributed by atoms with E-state index in [4.69, 9.17) is 13.9 Å². The second-order valence-corrected chi connectivity index (χ2v) is 14.2. The second kappa shape index (κ2) is 8.55. The Morgan fingerprint density at radius 3 is 2.14 bits per heavy atom. The molecule has 0 heterocycles. The van der Waals surface area contributed by atoms with Gasteiger partial charge >= 0.3 is 11.9 Å². The fraction of sp³-hybridized carbons (Fsp3) is 0.619. The van der Waals surface area contributed by atoms with Crippen molar-refractivity contribution < 1.29 is 28.6 Å². The number of carbonyl (C=O) groups is 2. The van der Waals surface area contributed by atoms with E-state index >= 15 is 0 Å². The highest BCUT2D eigenvalue weighted by atomic mass is 28.4. The predicted molar refractivity (Wildman–Crippen MR) is 111 cm³/mol. The van der Waals surface area contributed by atoms with Crippen LogP contribution in [-0.4, -0.2) is 37.1 Å². The summed E-state index contributed by atoms with van der Waals surface area (Å²) >= 11 is 0. The highest BCUT2D eigenvalue weighted by Gasteiger charge is 2.39. The number of phenolic OH excluding ortho intramolecular Hbond substituents is 1. The molecule has 0 aliphatic carbocycles. The van der Waals surface area contributed by atoms with Crippen molar-refractivity contribution in [1.29, 1.82) is 0 Å². The molecule has 7 heteroatoms. The Morgan fingerprint density at radius 2 is 1.68 bits per heavy atom. The van der Waals surface area contributed by atoms with Crippen LogP contribution in [0, 0.1) is 0 Å². The van der Waals surface area contributed by atoms with Crippen molar-refractivity contribution in [1.82, 2.24) is 0 Å². The van der Waals surface area contributed by atoms with Gasteiger partial charge in [0.1, 0.15) is 17.1 Å². The molecular formula is C21H34O6Si. The van der Waals surface area contributed by atoms with Crippen molar-refractivity contribution in [3.63, 3.8) is 0 Å². The van der Waals surface area contributed by atoms with E-state index in [1.165, 1.54) is 13.0 Å². The minimum Gasteiger partial charge on any atom is -0.543 e. The molecule has 0 aliphatic rings. The minimum absolute atomic E-state index is 0.00305. The Balaban J connectivity index is 3.12. The molecule has 0 bridgehead atoms. The molecule has 158 valence electrons. The number of aromatic hydroxyl groups is 1. The standard InChI is InChI=1S/C21H34O6Si/c1-14(22)25-18(19(24)26-20(2,3)4)13-15-12-16(10-11-17(15)23)27-28(8,9)21(5,6)7/h10-12,18,23H,13H2,1-9H3/t18-/m1/s1. The number of benzene rings is 1. The number of phenols is 1. The molecule has 1 atom stereocenters. The third kappa shape index (κ3) is 7.18. The zero-order chi connectivity index (χ0) is 21.9. The third-order valence-electron chi connectivity index (χ3n) is 4.61. The topological polar surface area (TPSA) is 82.1 Å². The maximum absolute atomic E-state index is 12.4. The summed E-state index contributed by atoms with van der Waals surface area (Å²) in [5.74, 6) is -0.629. The van der Waals surface area contributed by atoms with Gasteiger partial charge in [0.25, 0.3) is 0 Å². The van der Waals surface area contributed by atoms with E-state index in [2.05, 4.69) is 33.9 Å². The smallest absolute Gasteiger partial charge is 0.348 e. The SMILES string of the molecule is CC(=O)O[C@H](Cc1cc(O[Si](C)(C)C(C)(C)C)ccc1O)C(=O)OC(C)(C)C. The van der Waals surface area contributed by atoms with Gasteiger partial charge in [0, 0.05) is 18.9 Å². The first-order valence-corrected chi connectivity index (χ1v) is 12.3. The van der Waals surface area contributed by atoms with Crippen molar-refractivity contribution in [2.75, 3.05) is 0 Å². The lowest BCUT2D eigenvalue weighted by molar-refractivity contribution is -0.174. The molecular weight excluding hydrogens is 376 g/mol. The van der Waals surface area contributed by atoms with Crippen LogP contribution in [0.3, 0.4) is 0 Å². The minimum atomic E-state index is -2.06. The third-order valence-corrected chi connectivity index (χ3v) is 8.97. The molecule has 0 amide bonds. The van der Waals surface area contributed by atoms with E-state index in [9.17, 15) is 14.7 Å². The highest BCUT2D eigenvalue weighted by Crippen LogP contribution is 2.38. The summed E-state index contributed by atoms with van der Waals surface area (Å²) in [5.41, 5.74) is -0.265. The average molecular weight is 411 g/mol. The summed E-state index contributed by atoms with van der Waals surface area (Å²) in [7, 11) is -2.06. The van der Waals surface area contributed by atoms with Crippen LogP contribution in [0.25, 0.3) is 0 Å². The summed E-state index contributed by atoms with van der Waals surface area (Å²) in [5, 5.41) is 10.3. The highest BCUT2D eigenvalue weighted by molar-refractivity contribution is 6.74. The predicted octanol–water partition coefficient (Wildman–Crippen LogP) is 4.59. The molecule has 0 saturated heterocycles. The number of hydrogen-bond acceptors (Lipinski definition) is 6. The first-order valence-electron chi connectivity index (χ1n) is 9.43. The van der Waals surface area contributed by atoms with E-state index in [1.54, 1.807) is 32.9 Å². The van der Waals surface area contributed by atoms with Crippen LogP contribution in [0.2, 0.25) is 18.1 Å². The molecule has 0 aliphatic heterocycles. The van der Waals surface area contributed by atoms with Gasteiger partial charge in [-0.1, -0.05) is 20.8 Å². The van der Waals surface area contributed by atoms with Crippen LogP contribution in [-0.2, 0) is 25.5 Å². The number of hydrogen-bond donors (Lipinski definition) is 1. The van der Waals surface area contributed by atoms with Crippen molar-refractivity contribution in [3.8, 4) is 11.5 Å². The van der Waals surface area contributed by atoms with Crippen molar-refractivity contribution in [2.24, 2.45) is 0 Å². The van der Waals surface area contributed by atoms with Gasteiger partial charge in [-0.05, 0) is 57.1 Å². The van der Waals surface area contributed by atoms with Gasteiger partial charge in [0.15, 0.2) is 0 Å². The zero-order valence-corrected chi connectivity index (χ0v) is 19.5. The van der Waals surface area contributed by atoms with Crippen molar-refractivity contribution >= 4 is 20.3 Å². The Kier molecular flexibility index (Phi) is 7.33. The van der Waals surface area contributed by atoms with Crippen LogP contribution in [0.1, 0.15) is 54.0 Å². The summed E-state index contributed by atoms with van der Waals surface area (Å²) in [6, 6.07) is 4.92. The second-order valence-electron chi connectivity index (χ2n) is 9.49. The average Bonchev–Trinajstić information content (AvgIpc) is 2.46. The van der Waals surface area contributed by atoms with Gasteiger partial charge in [-0.25, -0.2) is 4.79 Å². The van der Waals surface area contributed by atoms with Gasteiger partial charge in [0.2, 0.25) is 14.4 Å².